The number of carboxylic acids is 1. The Morgan fingerprint density at radius 2 is 1.69 bits per heavy atom. The third kappa shape index (κ3) is 5.69. The van der Waals surface area contributed by atoms with Crippen molar-refractivity contribution in [3.8, 4) is 28.3 Å². The van der Waals surface area contributed by atoms with E-state index in [2.05, 4.69) is 9.97 Å². The topological polar surface area (TPSA) is 135 Å². The van der Waals surface area contributed by atoms with E-state index in [4.69, 9.17) is 25.4 Å². The lowest BCUT2D eigenvalue weighted by Crippen LogP contribution is -2.26. The molecule has 0 aliphatic carbocycles. The second-order valence-electron chi connectivity index (χ2n) is 7.78. The van der Waals surface area contributed by atoms with Crippen molar-refractivity contribution in [1.82, 2.24) is 9.97 Å². The minimum Gasteiger partial charge on any atom is -0.477 e. The maximum absolute atomic E-state index is 13.9. The predicted molar refractivity (Wildman–Crippen MR) is 125 cm³/mol. The van der Waals surface area contributed by atoms with Crippen molar-refractivity contribution < 1.29 is 32.2 Å². The maximum atomic E-state index is 13.9. The fourth-order valence-electron chi connectivity index (χ4n) is 3.45. The Kier molecular flexibility index (Phi) is 6.73. The molecular formula is C25H19F3N4O4. The van der Waals surface area contributed by atoms with Gasteiger partial charge in [0.1, 0.15) is 5.71 Å². The van der Waals surface area contributed by atoms with Crippen molar-refractivity contribution in [2.75, 3.05) is 5.73 Å². The number of nitrogens with two attached hydrogens (primary N) is 1. The van der Waals surface area contributed by atoms with Gasteiger partial charge in [0.2, 0.25) is 17.9 Å². The van der Waals surface area contributed by atoms with Crippen molar-refractivity contribution in [3.05, 3.63) is 84.3 Å². The van der Waals surface area contributed by atoms with Crippen LogP contribution in [0.5, 0.6) is 5.88 Å². The number of carboxylic acid groups (broad SMARTS) is 1. The number of halogens is 3. The van der Waals surface area contributed by atoms with Gasteiger partial charge in [-0.25, -0.2) is 9.78 Å². The molecule has 0 radical (unpaired) electrons. The normalized spacial score (nSPS) is 12.2. The van der Waals surface area contributed by atoms with E-state index >= 15 is 0 Å². The van der Waals surface area contributed by atoms with Gasteiger partial charge in [-0.1, -0.05) is 48.5 Å². The first kappa shape index (κ1) is 24.5. The zero-order chi connectivity index (χ0) is 25.9. The van der Waals surface area contributed by atoms with Crippen LogP contribution in [0.1, 0.15) is 17.2 Å². The fourth-order valence-corrected chi connectivity index (χ4v) is 3.45. The molecular weight excluding hydrogens is 477 g/mol. The lowest BCUT2D eigenvalue weighted by molar-refractivity contribution is -0.198. The molecule has 0 saturated carbocycles. The number of carbonyl (C=O) groups is 1. The van der Waals surface area contributed by atoms with Gasteiger partial charge in [-0.2, -0.15) is 18.2 Å². The van der Waals surface area contributed by atoms with Crippen molar-refractivity contribution in [2.45, 2.75) is 18.7 Å². The average Bonchev–Trinajstić information content (AvgIpc) is 3.37. The highest BCUT2D eigenvalue weighted by molar-refractivity contribution is 6.34. The third-order valence-corrected chi connectivity index (χ3v) is 5.21. The van der Waals surface area contributed by atoms with Crippen molar-refractivity contribution >= 4 is 17.6 Å². The molecule has 11 heteroatoms. The van der Waals surface area contributed by atoms with Gasteiger partial charge in [-0.05, 0) is 17.2 Å². The van der Waals surface area contributed by atoms with E-state index in [0.717, 1.165) is 5.56 Å². The van der Waals surface area contributed by atoms with E-state index in [1.807, 2.05) is 0 Å². The first-order chi connectivity index (χ1) is 17.1. The fraction of sp³-hybridized carbons (Fsp3) is 0.120. The summed E-state index contributed by atoms with van der Waals surface area (Å²) in [6, 6.07) is 15.0. The summed E-state index contributed by atoms with van der Waals surface area (Å²) in [6.45, 7) is 0. The summed E-state index contributed by atoms with van der Waals surface area (Å²) in [5.41, 5.74) is 7.83. The van der Waals surface area contributed by atoms with Gasteiger partial charge in [0.25, 0.3) is 0 Å². The van der Waals surface area contributed by atoms with Gasteiger partial charge in [0, 0.05) is 29.2 Å². The molecule has 2 aromatic heterocycles. The Morgan fingerprint density at radius 1 is 1.03 bits per heavy atom. The molecule has 2 aromatic carbocycles. The molecule has 0 bridgehead atoms. The Balaban J connectivity index is 1.59. The number of alkyl halides is 3. The second kappa shape index (κ2) is 9.90. The molecule has 0 aliphatic heterocycles. The van der Waals surface area contributed by atoms with Crippen LogP contribution in [0.3, 0.4) is 0 Å². The molecule has 4 aromatic rings. The molecule has 0 fully saturated rings. The molecule has 1 unspecified atom stereocenters. The Bertz CT molecular complexity index is 1370. The number of nitrogen functional groups attached to an aromatic ring is 1. The molecule has 0 saturated heterocycles. The highest BCUT2D eigenvalue weighted by atomic mass is 19.4. The van der Waals surface area contributed by atoms with Gasteiger partial charge in [-0.15, -0.1) is 0 Å². The highest BCUT2D eigenvalue weighted by Gasteiger charge is 2.43. The third-order valence-electron chi connectivity index (χ3n) is 5.21. The van der Waals surface area contributed by atoms with Crippen molar-refractivity contribution in [1.29, 1.82) is 5.41 Å². The maximum Gasteiger partial charge on any atom is 0.429 e. The van der Waals surface area contributed by atoms with Gasteiger partial charge in [0.15, 0.2) is 0 Å². The summed E-state index contributed by atoms with van der Waals surface area (Å²) >= 11 is 0. The van der Waals surface area contributed by atoms with Crippen LogP contribution in [-0.2, 0) is 11.2 Å². The van der Waals surface area contributed by atoms with E-state index in [-0.39, 0.29) is 29.5 Å². The number of rotatable bonds is 8. The zero-order valence-electron chi connectivity index (χ0n) is 18.5. The lowest BCUT2D eigenvalue weighted by atomic mass is 10.0. The van der Waals surface area contributed by atoms with Gasteiger partial charge >= 0.3 is 12.1 Å². The number of hydrogen-bond donors (Lipinski definition) is 3. The molecule has 0 amide bonds. The molecule has 184 valence electrons. The van der Waals surface area contributed by atoms with Gasteiger partial charge in [0.05, 0.1) is 18.2 Å². The summed E-state index contributed by atoms with van der Waals surface area (Å²) < 4.78 is 52.0. The van der Waals surface area contributed by atoms with Gasteiger partial charge in [-0.3, -0.25) is 5.41 Å². The first-order valence-electron chi connectivity index (χ1n) is 10.5. The van der Waals surface area contributed by atoms with E-state index in [1.54, 1.807) is 30.3 Å². The quantitative estimate of drug-likeness (QED) is 0.281. The molecule has 4 N–H and O–H groups in total. The minimum absolute atomic E-state index is 0.0808. The number of ether oxygens (including phenoxy) is 1. The van der Waals surface area contributed by atoms with E-state index in [0.29, 0.717) is 16.7 Å². The molecule has 0 spiro atoms. The van der Waals surface area contributed by atoms with E-state index in [9.17, 15) is 18.0 Å². The molecule has 1 atom stereocenters. The SMILES string of the molecule is N=C(Cc1ccc(-c2cc(OC(c3ccc(-c4ccoc4)cc3)C(F)(F)F)nc(N)n2)cc1)C(=O)O. The smallest absolute Gasteiger partial charge is 0.429 e. The summed E-state index contributed by atoms with van der Waals surface area (Å²) in [5, 5.41) is 16.3. The number of anilines is 1. The Labute approximate surface area is 202 Å². The van der Waals surface area contributed by atoms with Crippen molar-refractivity contribution in [2.24, 2.45) is 0 Å². The number of furan rings is 1. The van der Waals surface area contributed by atoms with Crippen LogP contribution in [0.4, 0.5) is 19.1 Å². The van der Waals surface area contributed by atoms with Crippen LogP contribution < -0.4 is 10.5 Å². The molecule has 0 aliphatic rings. The first-order valence-corrected chi connectivity index (χ1v) is 10.5. The monoisotopic (exact) mass is 496 g/mol. The van der Waals surface area contributed by atoms with Crippen molar-refractivity contribution in [3.63, 3.8) is 0 Å². The molecule has 2 heterocycles. The van der Waals surface area contributed by atoms with Crippen LogP contribution in [0.2, 0.25) is 0 Å². The number of benzene rings is 2. The van der Waals surface area contributed by atoms with Crippen LogP contribution in [-0.4, -0.2) is 32.9 Å². The number of aromatic nitrogens is 2. The predicted octanol–water partition coefficient (Wildman–Crippen LogP) is 5.32. The largest absolute Gasteiger partial charge is 0.477 e. The van der Waals surface area contributed by atoms with Crippen LogP contribution in [0.25, 0.3) is 22.4 Å². The summed E-state index contributed by atoms with van der Waals surface area (Å²) in [4.78, 5) is 18.7. The number of nitrogens with zero attached hydrogens (tertiary/aromatic N) is 2. The number of aliphatic carboxylic acids is 1. The van der Waals surface area contributed by atoms with Gasteiger partial charge < -0.3 is 20.0 Å². The number of hydrogen-bond acceptors (Lipinski definition) is 7. The summed E-state index contributed by atoms with van der Waals surface area (Å²) in [5.74, 6) is -1.97. The molecule has 8 nitrogen and oxygen atoms in total. The van der Waals surface area contributed by atoms with Crippen LogP contribution in [0.15, 0.2) is 77.6 Å². The molecule has 36 heavy (non-hydrogen) atoms. The van der Waals surface area contributed by atoms with Crippen LogP contribution in [0, 0.1) is 5.41 Å². The molecule has 4 rings (SSSR count). The highest BCUT2D eigenvalue weighted by Crippen LogP contribution is 2.38. The lowest BCUT2D eigenvalue weighted by Gasteiger charge is -2.22. The Morgan fingerprint density at radius 3 is 2.28 bits per heavy atom. The minimum atomic E-state index is -4.74. The Hall–Kier alpha value is -4.67. The average molecular weight is 496 g/mol. The number of nitrogens with one attached hydrogen (secondary N) is 1. The standard InChI is InChI=1S/C25H19F3N4O4/c26-25(27,28)22(17-7-5-15(6-8-17)18-9-10-35-13-18)36-21-12-20(31-24(30)32-21)16-3-1-14(2-4-16)11-19(29)23(33)34/h1-10,12-13,22,29H,11H2,(H,33,34)(H2,30,31,32). The second-order valence-corrected chi connectivity index (χ2v) is 7.78. The van der Waals surface area contributed by atoms with Crippen LogP contribution >= 0.6 is 0 Å². The zero-order valence-corrected chi connectivity index (χ0v) is 18.5. The van der Waals surface area contributed by atoms with E-state index in [1.165, 1.54) is 42.9 Å². The summed E-state index contributed by atoms with van der Waals surface area (Å²) in [7, 11) is 0. The van der Waals surface area contributed by atoms with E-state index < -0.39 is 24.0 Å². The summed E-state index contributed by atoms with van der Waals surface area (Å²) in [6.07, 6.45) is -4.17.